The van der Waals surface area contributed by atoms with E-state index in [-0.39, 0.29) is 18.0 Å². The van der Waals surface area contributed by atoms with E-state index in [4.69, 9.17) is 14.2 Å². The van der Waals surface area contributed by atoms with Gasteiger partial charge in [-0.1, -0.05) is 12.1 Å². The monoisotopic (exact) mass is 470 g/mol. The number of nitrogens with zero attached hydrogens (tertiary/aromatic N) is 2. The highest BCUT2D eigenvalue weighted by molar-refractivity contribution is 5.97. The first-order chi connectivity index (χ1) is 16.4. The van der Waals surface area contributed by atoms with Gasteiger partial charge in [-0.15, -0.1) is 0 Å². The standard InChI is InChI=1S/C25H34N4O5/c1-17(2)26-25(31)27-20-8-6-7-18(15-20)24(30)29-13-11-28(12-14-29)16-19-9-10-21(32-3)23(34-5)22(19)33-4/h6-10,15,17H,11-14,16H2,1-5H3,(H2,26,27,31). The summed E-state index contributed by atoms with van der Waals surface area (Å²) in [5.74, 6) is 1.81. The van der Waals surface area contributed by atoms with Gasteiger partial charge < -0.3 is 29.7 Å². The van der Waals surface area contributed by atoms with Gasteiger partial charge in [0.15, 0.2) is 11.5 Å². The van der Waals surface area contributed by atoms with Crippen LogP contribution in [0, 0.1) is 0 Å². The average Bonchev–Trinajstić information content (AvgIpc) is 2.83. The van der Waals surface area contributed by atoms with E-state index in [2.05, 4.69) is 15.5 Å². The van der Waals surface area contributed by atoms with Gasteiger partial charge in [-0.3, -0.25) is 9.69 Å². The molecule has 0 aromatic heterocycles. The maximum Gasteiger partial charge on any atom is 0.319 e. The van der Waals surface area contributed by atoms with E-state index in [0.29, 0.717) is 48.1 Å². The molecule has 0 aliphatic carbocycles. The van der Waals surface area contributed by atoms with E-state index in [0.717, 1.165) is 18.7 Å². The van der Waals surface area contributed by atoms with Crippen molar-refractivity contribution in [2.45, 2.75) is 26.4 Å². The number of ether oxygens (including phenoxy) is 3. The fraction of sp³-hybridized carbons (Fsp3) is 0.440. The second kappa shape index (κ2) is 11.6. The third-order valence-corrected chi connectivity index (χ3v) is 5.63. The number of carbonyl (C=O) groups excluding carboxylic acids is 2. The van der Waals surface area contributed by atoms with Gasteiger partial charge in [0, 0.05) is 55.6 Å². The lowest BCUT2D eigenvalue weighted by Gasteiger charge is -2.35. The van der Waals surface area contributed by atoms with Crippen molar-refractivity contribution in [1.82, 2.24) is 15.1 Å². The zero-order valence-corrected chi connectivity index (χ0v) is 20.5. The van der Waals surface area contributed by atoms with Crippen molar-refractivity contribution in [2.24, 2.45) is 0 Å². The Hall–Kier alpha value is -3.46. The molecule has 0 atom stereocenters. The Morgan fingerprint density at radius 3 is 2.26 bits per heavy atom. The highest BCUT2D eigenvalue weighted by atomic mass is 16.5. The highest BCUT2D eigenvalue weighted by Crippen LogP contribution is 2.40. The van der Waals surface area contributed by atoms with Crippen LogP contribution < -0.4 is 24.8 Å². The maximum absolute atomic E-state index is 13.1. The van der Waals surface area contributed by atoms with Crippen molar-refractivity contribution in [3.8, 4) is 17.2 Å². The number of methoxy groups -OCH3 is 3. The number of rotatable bonds is 8. The summed E-state index contributed by atoms with van der Waals surface area (Å²) in [5, 5.41) is 5.55. The fourth-order valence-electron chi connectivity index (χ4n) is 3.98. The minimum absolute atomic E-state index is 0.0279. The molecule has 1 aliphatic rings. The summed E-state index contributed by atoms with van der Waals surface area (Å²) in [7, 11) is 4.81. The molecule has 0 saturated carbocycles. The summed E-state index contributed by atoms with van der Waals surface area (Å²) >= 11 is 0. The van der Waals surface area contributed by atoms with Crippen molar-refractivity contribution in [3.63, 3.8) is 0 Å². The second-order valence-corrected chi connectivity index (χ2v) is 8.40. The SMILES string of the molecule is COc1ccc(CN2CCN(C(=O)c3cccc(NC(=O)NC(C)C)c3)CC2)c(OC)c1OC. The van der Waals surface area contributed by atoms with Crippen LogP contribution in [0.3, 0.4) is 0 Å². The lowest BCUT2D eigenvalue weighted by Crippen LogP contribution is -2.48. The lowest BCUT2D eigenvalue weighted by atomic mass is 10.1. The molecule has 1 saturated heterocycles. The first-order valence-electron chi connectivity index (χ1n) is 11.3. The minimum atomic E-state index is -0.293. The van der Waals surface area contributed by atoms with Gasteiger partial charge in [-0.25, -0.2) is 4.79 Å². The molecule has 1 fully saturated rings. The number of piperazine rings is 1. The Balaban J connectivity index is 1.61. The molecule has 1 aliphatic heterocycles. The Labute approximate surface area is 201 Å². The van der Waals surface area contributed by atoms with Gasteiger partial charge in [0.1, 0.15) is 0 Å². The number of anilines is 1. The predicted molar refractivity (Wildman–Crippen MR) is 131 cm³/mol. The fourth-order valence-corrected chi connectivity index (χ4v) is 3.98. The zero-order chi connectivity index (χ0) is 24.7. The highest BCUT2D eigenvalue weighted by Gasteiger charge is 2.24. The molecule has 1 heterocycles. The first-order valence-corrected chi connectivity index (χ1v) is 11.3. The molecule has 34 heavy (non-hydrogen) atoms. The molecule has 0 bridgehead atoms. The minimum Gasteiger partial charge on any atom is -0.493 e. The molecule has 0 unspecified atom stereocenters. The van der Waals surface area contributed by atoms with Crippen molar-refractivity contribution in [1.29, 1.82) is 0 Å². The average molecular weight is 471 g/mol. The number of hydrogen-bond acceptors (Lipinski definition) is 6. The smallest absolute Gasteiger partial charge is 0.319 e. The summed E-state index contributed by atoms with van der Waals surface area (Å²) in [6, 6.07) is 10.6. The molecule has 3 amide bonds. The van der Waals surface area contributed by atoms with E-state index in [1.807, 2.05) is 30.9 Å². The van der Waals surface area contributed by atoms with Crippen LogP contribution in [0.25, 0.3) is 0 Å². The van der Waals surface area contributed by atoms with Crippen molar-refractivity contribution >= 4 is 17.6 Å². The quantitative estimate of drug-likeness (QED) is 0.616. The van der Waals surface area contributed by atoms with E-state index < -0.39 is 0 Å². The summed E-state index contributed by atoms with van der Waals surface area (Å²) in [5.41, 5.74) is 2.14. The van der Waals surface area contributed by atoms with Crippen LogP contribution in [0.4, 0.5) is 10.5 Å². The van der Waals surface area contributed by atoms with Crippen LogP contribution in [-0.4, -0.2) is 75.3 Å². The molecule has 2 N–H and O–H groups in total. The number of nitrogens with one attached hydrogen (secondary N) is 2. The van der Waals surface area contributed by atoms with Crippen LogP contribution in [-0.2, 0) is 6.54 Å². The summed E-state index contributed by atoms with van der Waals surface area (Å²) in [6.07, 6.45) is 0. The number of hydrogen-bond donors (Lipinski definition) is 2. The predicted octanol–water partition coefficient (Wildman–Crippen LogP) is 3.20. The molecule has 184 valence electrons. The van der Waals surface area contributed by atoms with E-state index >= 15 is 0 Å². The van der Waals surface area contributed by atoms with E-state index in [9.17, 15) is 9.59 Å². The number of benzene rings is 2. The summed E-state index contributed by atoms with van der Waals surface area (Å²) in [4.78, 5) is 29.2. The van der Waals surface area contributed by atoms with Crippen LogP contribution in [0.2, 0.25) is 0 Å². The Morgan fingerprint density at radius 2 is 1.65 bits per heavy atom. The van der Waals surface area contributed by atoms with Crippen LogP contribution in [0.1, 0.15) is 29.8 Å². The second-order valence-electron chi connectivity index (χ2n) is 8.40. The molecule has 9 nitrogen and oxygen atoms in total. The zero-order valence-electron chi connectivity index (χ0n) is 20.5. The van der Waals surface area contributed by atoms with Crippen molar-refractivity contribution in [2.75, 3.05) is 52.8 Å². The summed E-state index contributed by atoms with van der Waals surface area (Å²) < 4.78 is 16.4. The summed E-state index contributed by atoms with van der Waals surface area (Å²) in [6.45, 7) is 7.15. The Morgan fingerprint density at radius 1 is 0.941 bits per heavy atom. The normalized spacial score (nSPS) is 14.0. The van der Waals surface area contributed by atoms with Gasteiger partial charge >= 0.3 is 6.03 Å². The van der Waals surface area contributed by atoms with Crippen LogP contribution >= 0.6 is 0 Å². The van der Waals surface area contributed by atoms with Crippen molar-refractivity contribution in [3.05, 3.63) is 47.5 Å². The Bertz CT molecular complexity index is 1000. The van der Waals surface area contributed by atoms with Gasteiger partial charge in [0.2, 0.25) is 5.75 Å². The molecule has 0 spiro atoms. The van der Waals surface area contributed by atoms with E-state index in [1.165, 1.54) is 0 Å². The molecule has 0 radical (unpaired) electrons. The third-order valence-electron chi connectivity index (χ3n) is 5.63. The molecular formula is C25H34N4O5. The van der Waals surface area contributed by atoms with Crippen LogP contribution in [0.5, 0.6) is 17.2 Å². The molecule has 2 aromatic rings. The largest absolute Gasteiger partial charge is 0.493 e. The van der Waals surface area contributed by atoms with E-state index in [1.54, 1.807) is 45.6 Å². The number of carbonyl (C=O) groups is 2. The molecule has 3 rings (SSSR count). The van der Waals surface area contributed by atoms with Gasteiger partial charge in [-0.2, -0.15) is 0 Å². The number of amides is 3. The van der Waals surface area contributed by atoms with Gasteiger partial charge in [-0.05, 0) is 38.1 Å². The molecule has 9 heteroatoms. The lowest BCUT2D eigenvalue weighted by molar-refractivity contribution is 0.0627. The first kappa shape index (κ1) is 25.2. The third kappa shape index (κ3) is 6.11. The number of urea groups is 1. The molecular weight excluding hydrogens is 436 g/mol. The topological polar surface area (TPSA) is 92.4 Å². The van der Waals surface area contributed by atoms with Gasteiger partial charge in [0.05, 0.1) is 21.3 Å². The van der Waals surface area contributed by atoms with Crippen molar-refractivity contribution < 1.29 is 23.8 Å². The van der Waals surface area contributed by atoms with Crippen LogP contribution in [0.15, 0.2) is 36.4 Å². The maximum atomic E-state index is 13.1. The Kier molecular flexibility index (Phi) is 8.59. The molecule has 2 aromatic carbocycles. The van der Waals surface area contributed by atoms with Gasteiger partial charge in [0.25, 0.3) is 5.91 Å².